The van der Waals surface area contributed by atoms with Crippen LogP contribution in [0.2, 0.25) is 0 Å². The zero-order valence-corrected chi connectivity index (χ0v) is 12.7. The van der Waals surface area contributed by atoms with Crippen LogP contribution in [0, 0.1) is 6.92 Å². The maximum Gasteiger partial charge on any atom is 0.276 e. The fraction of sp³-hybridized carbons (Fsp3) is 0.400. The Bertz CT molecular complexity index is 634. The lowest BCUT2D eigenvalue weighted by Crippen LogP contribution is -2.26. The number of carbonyl (C=O) groups is 1. The molecule has 1 amide bonds. The van der Waals surface area contributed by atoms with Gasteiger partial charge in [-0.3, -0.25) is 15.1 Å². The first-order valence-corrected chi connectivity index (χ1v) is 7.95. The average molecular weight is 302 g/mol. The van der Waals surface area contributed by atoms with Crippen molar-refractivity contribution in [3.8, 4) is 0 Å². The maximum atomic E-state index is 12.2. The Labute approximate surface area is 127 Å². The normalized spacial score (nSPS) is 15.9. The monoisotopic (exact) mass is 302 g/mol. The average Bonchev–Trinajstić information content (AvgIpc) is 2.97. The Morgan fingerprint density at radius 1 is 1.38 bits per heavy atom. The van der Waals surface area contributed by atoms with Crippen molar-refractivity contribution < 1.29 is 4.79 Å². The Morgan fingerprint density at radius 3 is 2.95 bits per heavy atom. The topological polar surface area (TPSA) is 66.9 Å². The van der Waals surface area contributed by atoms with E-state index in [1.165, 1.54) is 4.88 Å². The van der Waals surface area contributed by atoms with Crippen molar-refractivity contribution in [1.82, 2.24) is 15.3 Å². The summed E-state index contributed by atoms with van der Waals surface area (Å²) in [4.78, 5) is 21.9. The molecule has 0 radical (unpaired) electrons. The van der Waals surface area contributed by atoms with Crippen molar-refractivity contribution >= 4 is 22.4 Å². The van der Waals surface area contributed by atoms with Gasteiger partial charge >= 0.3 is 0 Å². The van der Waals surface area contributed by atoms with Crippen LogP contribution in [-0.4, -0.2) is 29.0 Å². The lowest BCUT2D eigenvalue weighted by atomic mass is 9.97. The summed E-state index contributed by atoms with van der Waals surface area (Å²) in [6.45, 7) is 3.99. The van der Waals surface area contributed by atoms with Crippen LogP contribution < -0.4 is 10.6 Å². The molecule has 0 saturated carbocycles. The van der Waals surface area contributed by atoms with Gasteiger partial charge in [-0.2, -0.15) is 0 Å². The molecule has 21 heavy (non-hydrogen) atoms. The van der Waals surface area contributed by atoms with E-state index in [0.717, 1.165) is 31.5 Å². The van der Waals surface area contributed by atoms with Crippen LogP contribution in [0.4, 0.5) is 5.13 Å². The van der Waals surface area contributed by atoms with Crippen molar-refractivity contribution in [1.29, 1.82) is 0 Å². The Morgan fingerprint density at radius 2 is 2.19 bits per heavy atom. The predicted molar refractivity (Wildman–Crippen MR) is 83.9 cm³/mol. The molecule has 3 heterocycles. The Hall–Kier alpha value is -1.79. The zero-order valence-electron chi connectivity index (χ0n) is 11.9. The van der Waals surface area contributed by atoms with E-state index in [9.17, 15) is 4.79 Å². The van der Waals surface area contributed by atoms with Crippen LogP contribution in [0.3, 0.4) is 0 Å². The molecule has 2 aromatic rings. The summed E-state index contributed by atoms with van der Waals surface area (Å²) in [5.74, 6) is 0.366. The van der Waals surface area contributed by atoms with Crippen molar-refractivity contribution in [3.05, 3.63) is 40.7 Å². The minimum atomic E-state index is -0.195. The first kappa shape index (κ1) is 14.2. The smallest absolute Gasteiger partial charge is 0.276 e. The maximum absolute atomic E-state index is 12.2. The van der Waals surface area contributed by atoms with Crippen LogP contribution in [0.1, 0.15) is 39.7 Å². The van der Waals surface area contributed by atoms with Gasteiger partial charge in [0.1, 0.15) is 5.69 Å². The molecule has 0 unspecified atom stereocenters. The highest BCUT2D eigenvalue weighted by molar-refractivity contribution is 7.15. The summed E-state index contributed by atoms with van der Waals surface area (Å²) < 4.78 is 0. The van der Waals surface area contributed by atoms with Gasteiger partial charge in [0.15, 0.2) is 5.13 Å². The predicted octanol–water partition coefficient (Wildman–Crippen LogP) is 2.57. The van der Waals surface area contributed by atoms with Crippen LogP contribution in [-0.2, 0) is 0 Å². The highest BCUT2D eigenvalue weighted by Gasteiger charge is 2.19. The van der Waals surface area contributed by atoms with E-state index in [2.05, 4.69) is 20.6 Å². The Balaban J connectivity index is 1.69. The molecule has 6 heteroatoms. The molecule has 2 aromatic heterocycles. The zero-order chi connectivity index (χ0) is 14.7. The van der Waals surface area contributed by atoms with Crippen LogP contribution in [0.15, 0.2) is 24.5 Å². The van der Waals surface area contributed by atoms with Gasteiger partial charge in [0, 0.05) is 17.3 Å². The van der Waals surface area contributed by atoms with Gasteiger partial charge in [-0.1, -0.05) is 6.07 Å². The second-order valence-corrected chi connectivity index (χ2v) is 6.28. The lowest BCUT2D eigenvalue weighted by molar-refractivity contribution is 0.102. The molecule has 1 aliphatic rings. The molecule has 0 spiro atoms. The van der Waals surface area contributed by atoms with Gasteiger partial charge in [-0.05, 0) is 50.4 Å². The van der Waals surface area contributed by atoms with Crippen LogP contribution >= 0.6 is 11.3 Å². The Kier molecular flexibility index (Phi) is 4.26. The summed E-state index contributed by atoms with van der Waals surface area (Å²) in [6.07, 6.45) is 5.79. The van der Waals surface area contributed by atoms with Gasteiger partial charge in [0.2, 0.25) is 0 Å². The van der Waals surface area contributed by atoms with E-state index in [-0.39, 0.29) is 5.91 Å². The number of hydrogen-bond acceptors (Lipinski definition) is 5. The summed E-state index contributed by atoms with van der Waals surface area (Å²) in [7, 11) is 0. The number of rotatable bonds is 3. The third-order valence-corrected chi connectivity index (χ3v) is 4.79. The molecular weight excluding hydrogens is 284 g/mol. The highest BCUT2D eigenvalue weighted by atomic mass is 32.1. The fourth-order valence-corrected chi connectivity index (χ4v) is 3.50. The molecule has 1 aliphatic heterocycles. The molecule has 3 rings (SSSR count). The third kappa shape index (κ3) is 3.28. The number of aryl methyl sites for hydroxylation is 1. The number of carbonyl (C=O) groups excluding carboxylic acids is 1. The van der Waals surface area contributed by atoms with Gasteiger partial charge in [0.05, 0.1) is 0 Å². The third-order valence-electron chi connectivity index (χ3n) is 3.71. The standard InChI is InChI=1S/C15H18N4OS/c1-10-3-2-6-17-13(10)14(20)19-15-18-9-12(21-15)11-4-7-16-8-5-11/h2-3,6,9,11,16H,4-5,7-8H2,1H3,(H,18,19,20). The van der Waals surface area contributed by atoms with E-state index in [1.54, 1.807) is 17.5 Å². The number of pyridine rings is 1. The van der Waals surface area contributed by atoms with Crippen molar-refractivity contribution in [2.45, 2.75) is 25.7 Å². The summed E-state index contributed by atoms with van der Waals surface area (Å²) >= 11 is 1.57. The number of thiazole rings is 1. The molecule has 0 aliphatic carbocycles. The second-order valence-electron chi connectivity index (χ2n) is 5.22. The van der Waals surface area contributed by atoms with E-state index in [1.807, 2.05) is 25.3 Å². The van der Waals surface area contributed by atoms with Gasteiger partial charge < -0.3 is 5.32 Å². The SMILES string of the molecule is Cc1cccnc1C(=O)Nc1ncc(C2CCNCC2)s1. The number of amides is 1. The van der Waals surface area contributed by atoms with E-state index < -0.39 is 0 Å². The number of piperidine rings is 1. The minimum Gasteiger partial charge on any atom is -0.317 e. The van der Waals surface area contributed by atoms with Crippen molar-refractivity contribution in [2.75, 3.05) is 18.4 Å². The lowest BCUT2D eigenvalue weighted by Gasteiger charge is -2.20. The summed E-state index contributed by atoms with van der Waals surface area (Å²) in [5, 5.41) is 6.86. The quantitative estimate of drug-likeness (QED) is 0.914. The number of anilines is 1. The van der Waals surface area contributed by atoms with Gasteiger partial charge in [-0.25, -0.2) is 4.98 Å². The van der Waals surface area contributed by atoms with E-state index in [0.29, 0.717) is 16.7 Å². The number of hydrogen-bond donors (Lipinski definition) is 2. The van der Waals surface area contributed by atoms with E-state index in [4.69, 9.17) is 0 Å². The van der Waals surface area contributed by atoms with Gasteiger partial charge in [0.25, 0.3) is 5.91 Å². The molecule has 0 atom stereocenters. The van der Waals surface area contributed by atoms with Crippen molar-refractivity contribution in [3.63, 3.8) is 0 Å². The molecule has 0 bridgehead atoms. The van der Waals surface area contributed by atoms with Crippen LogP contribution in [0.25, 0.3) is 0 Å². The molecule has 1 fully saturated rings. The molecule has 2 N–H and O–H groups in total. The fourth-order valence-electron chi connectivity index (χ4n) is 2.52. The molecule has 5 nitrogen and oxygen atoms in total. The molecule has 110 valence electrons. The molecular formula is C15H18N4OS. The van der Waals surface area contributed by atoms with E-state index >= 15 is 0 Å². The first-order chi connectivity index (χ1) is 10.2. The van der Waals surface area contributed by atoms with Gasteiger partial charge in [-0.15, -0.1) is 11.3 Å². The van der Waals surface area contributed by atoms with Crippen molar-refractivity contribution in [2.24, 2.45) is 0 Å². The first-order valence-electron chi connectivity index (χ1n) is 7.13. The number of nitrogens with zero attached hydrogens (tertiary/aromatic N) is 2. The minimum absolute atomic E-state index is 0.195. The summed E-state index contributed by atoms with van der Waals surface area (Å²) in [6, 6.07) is 3.70. The second kappa shape index (κ2) is 6.32. The summed E-state index contributed by atoms with van der Waals surface area (Å²) in [5.41, 5.74) is 1.32. The molecule has 0 aromatic carbocycles. The van der Waals surface area contributed by atoms with Crippen LogP contribution in [0.5, 0.6) is 0 Å². The largest absolute Gasteiger partial charge is 0.317 e. The molecule has 1 saturated heterocycles. The highest BCUT2D eigenvalue weighted by Crippen LogP contribution is 2.31. The number of nitrogens with one attached hydrogen (secondary N) is 2. The number of aromatic nitrogens is 2.